The van der Waals surface area contributed by atoms with Crippen LogP contribution in [0.2, 0.25) is 0 Å². The first-order chi connectivity index (χ1) is 6.66. The Hall–Kier alpha value is -1.42. The molecule has 1 aromatic carbocycles. The number of hydrogen-bond donors (Lipinski definition) is 1. The number of aromatic carboxylic acids is 1. The molecule has 0 aliphatic carbocycles. The minimum absolute atomic E-state index is 0.172. The van der Waals surface area contributed by atoms with Gasteiger partial charge in [-0.15, -0.1) is 0 Å². The Morgan fingerprint density at radius 3 is 2.50 bits per heavy atom. The zero-order valence-electron chi connectivity index (χ0n) is 7.69. The standard InChI is InChI=1S/C10H10O3S/c1-2-13-10(14)8-6-4-3-5-7(8)9(11)12/h3-6H,2H2,1H3,(H,11,12). The lowest BCUT2D eigenvalue weighted by atomic mass is 10.1. The molecule has 0 unspecified atom stereocenters. The minimum atomic E-state index is -0.998. The number of carboxylic acids is 1. The van der Waals surface area contributed by atoms with Crippen LogP contribution in [0.25, 0.3) is 0 Å². The molecule has 0 bridgehead atoms. The summed E-state index contributed by atoms with van der Waals surface area (Å²) in [5.41, 5.74) is 0.628. The average Bonchev–Trinajstić information content (AvgIpc) is 2.18. The zero-order chi connectivity index (χ0) is 10.6. The van der Waals surface area contributed by atoms with Gasteiger partial charge >= 0.3 is 5.97 Å². The second-order valence-corrected chi connectivity index (χ2v) is 2.94. The summed E-state index contributed by atoms with van der Waals surface area (Å²) < 4.78 is 5.09. The van der Waals surface area contributed by atoms with Crippen molar-refractivity contribution in [2.45, 2.75) is 6.92 Å². The van der Waals surface area contributed by atoms with Crippen LogP contribution in [-0.2, 0) is 4.74 Å². The fraction of sp³-hybridized carbons (Fsp3) is 0.200. The fourth-order valence-electron chi connectivity index (χ4n) is 1.06. The summed E-state index contributed by atoms with van der Waals surface area (Å²) in [7, 11) is 0. The normalized spacial score (nSPS) is 9.50. The highest BCUT2D eigenvalue weighted by Crippen LogP contribution is 2.11. The van der Waals surface area contributed by atoms with Crippen LogP contribution in [0.4, 0.5) is 0 Å². The van der Waals surface area contributed by atoms with E-state index in [1.54, 1.807) is 25.1 Å². The minimum Gasteiger partial charge on any atom is -0.483 e. The van der Waals surface area contributed by atoms with E-state index in [9.17, 15) is 4.79 Å². The predicted octanol–water partition coefficient (Wildman–Crippen LogP) is 2.10. The first-order valence-electron chi connectivity index (χ1n) is 4.16. The fourth-order valence-corrected chi connectivity index (χ4v) is 1.35. The van der Waals surface area contributed by atoms with Crippen LogP contribution in [0.3, 0.4) is 0 Å². The average molecular weight is 210 g/mol. The van der Waals surface area contributed by atoms with E-state index in [1.807, 2.05) is 0 Å². The number of benzene rings is 1. The lowest BCUT2D eigenvalue weighted by Crippen LogP contribution is -2.10. The highest BCUT2D eigenvalue weighted by Gasteiger charge is 2.12. The van der Waals surface area contributed by atoms with Crippen molar-refractivity contribution in [2.24, 2.45) is 0 Å². The molecular formula is C10H10O3S. The van der Waals surface area contributed by atoms with Gasteiger partial charge in [-0.3, -0.25) is 0 Å². The smallest absolute Gasteiger partial charge is 0.336 e. The lowest BCUT2D eigenvalue weighted by Gasteiger charge is -2.07. The molecule has 0 saturated heterocycles. The summed E-state index contributed by atoms with van der Waals surface area (Å²) >= 11 is 4.94. The van der Waals surface area contributed by atoms with Gasteiger partial charge in [0.25, 0.3) is 0 Å². The molecule has 14 heavy (non-hydrogen) atoms. The molecule has 4 heteroatoms. The van der Waals surface area contributed by atoms with Crippen molar-refractivity contribution in [3.05, 3.63) is 35.4 Å². The number of hydrogen-bond acceptors (Lipinski definition) is 3. The predicted molar refractivity (Wildman–Crippen MR) is 56.7 cm³/mol. The topological polar surface area (TPSA) is 46.5 Å². The monoisotopic (exact) mass is 210 g/mol. The van der Waals surface area contributed by atoms with Crippen LogP contribution in [-0.4, -0.2) is 22.7 Å². The maximum Gasteiger partial charge on any atom is 0.336 e. The third kappa shape index (κ3) is 2.29. The SMILES string of the molecule is CCOC(=S)c1ccccc1C(=O)O. The lowest BCUT2D eigenvalue weighted by molar-refractivity contribution is 0.0696. The maximum absolute atomic E-state index is 10.8. The van der Waals surface area contributed by atoms with Crippen LogP contribution in [0.15, 0.2) is 24.3 Å². The van der Waals surface area contributed by atoms with Crippen LogP contribution in [0, 0.1) is 0 Å². The Balaban J connectivity index is 3.07. The van der Waals surface area contributed by atoms with Gasteiger partial charge in [0.15, 0.2) is 5.05 Å². The zero-order valence-corrected chi connectivity index (χ0v) is 8.50. The van der Waals surface area contributed by atoms with Crippen molar-refractivity contribution in [3.63, 3.8) is 0 Å². The molecule has 0 heterocycles. The van der Waals surface area contributed by atoms with Gasteiger partial charge in [0.1, 0.15) is 0 Å². The Morgan fingerprint density at radius 1 is 1.43 bits per heavy atom. The first kappa shape index (κ1) is 10.7. The molecule has 0 spiro atoms. The molecule has 0 aliphatic rings. The van der Waals surface area contributed by atoms with Crippen molar-refractivity contribution < 1.29 is 14.6 Å². The van der Waals surface area contributed by atoms with E-state index in [4.69, 9.17) is 22.1 Å². The van der Waals surface area contributed by atoms with Gasteiger partial charge in [-0.05, 0) is 31.3 Å². The molecule has 1 N–H and O–H groups in total. The molecule has 1 rings (SSSR count). The number of thiocarbonyl (C=S) groups is 1. The summed E-state index contributed by atoms with van der Waals surface area (Å²) in [6.07, 6.45) is 0. The van der Waals surface area contributed by atoms with Gasteiger partial charge in [-0.25, -0.2) is 4.79 Å². The largest absolute Gasteiger partial charge is 0.483 e. The van der Waals surface area contributed by atoms with E-state index in [0.717, 1.165) is 0 Å². The Labute approximate surface area is 87.3 Å². The van der Waals surface area contributed by atoms with E-state index in [-0.39, 0.29) is 10.6 Å². The van der Waals surface area contributed by atoms with Crippen LogP contribution >= 0.6 is 12.2 Å². The van der Waals surface area contributed by atoms with Gasteiger partial charge < -0.3 is 9.84 Å². The van der Waals surface area contributed by atoms with Crippen molar-refractivity contribution in [2.75, 3.05) is 6.61 Å². The van der Waals surface area contributed by atoms with Gasteiger partial charge in [0, 0.05) is 5.56 Å². The second kappa shape index (κ2) is 4.72. The Morgan fingerprint density at radius 2 is 2.00 bits per heavy atom. The molecule has 74 valence electrons. The van der Waals surface area contributed by atoms with Crippen molar-refractivity contribution in [1.29, 1.82) is 0 Å². The summed E-state index contributed by atoms with van der Waals surface area (Å²) in [4.78, 5) is 10.8. The van der Waals surface area contributed by atoms with Crippen LogP contribution < -0.4 is 0 Å². The Kier molecular flexibility index (Phi) is 3.59. The molecule has 3 nitrogen and oxygen atoms in total. The molecule has 0 aliphatic heterocycles. The molecule has 0 saturated carbocycles. The molecule has 0 amide bonds. The van der Waals surface area contributed by atoms with Crippen LogP contribution in [0.5, 0.6) is 0 Å². The van der Waals surface area contributed by atoms with E-state index >= 15 is 0 Å². The number of carbonyl (C=O) groups is 1. The first-order valence-corrected chi connectivity index (χ1v) is 4.57. The molecular weight excluding hydrogens is 200 g/mol. The van der Waals surface area contributed by atoms with E-state index < -0.39 is 5.97 Å². The van der Waals surface area contributed by atoms with Crippen LogP contribution in [0.1, 0.15) is 22.8 Å². The molecule has 1 aromatic rings. The van der Waals surface area contributed by atoms with E-state index in [1.165, 1.54) is 6.07 Å². The van der Waals surface area contributed by atoms with Gasteiger partial charge in [-0.1, -0.05) is 12.1 Å². The maximum atomic E-state index is 10.8. The van der Waals surface area contributed by atoms with Gasteiger partial charge in [0.05, 0.1) is 12.2 Å². The summed E-state index contributed by atoms with van der Waals surface area (Å²) in [6.45, 7) is 2.24. The van der Waals surface area contributed by atoms with Gasteiger partial charge in [-0.2, -0.15) is 0 Å². The van der Waals surface area contributed by atoms with E-state index in [0.29, 0.717) is 12.2 Å². The van der Waals surface area contributed by atoms with Crippen molar-refractivity contribution in [3.8, 4) is 0 Å². The summed E-state index contributed by atoms with van der Waals surface area (Å²) in [5.74, 6) is -0.998. The number of ether oxygens (including phenoxy) is 1. The molecule has 0 atom stereocenters. The second-order valence-electron chi connectivity index (χ2n) is 2.57. The third-order valence-corrected chi connectivity index (χ3v) is 1.99. The highest BCUT2D eigenvalue weighted by atomic mass is 32.1. The number of rotatable bonds is 3. The van der Waals surface area contributed by atoms with Crippen molar-refractivity contribution in [1.82, 2.24) is 0 Å². The van der Waals surface area contributed by atoms with E-state index in [2.05, 4.69) is 0 Å². The summed E-state index contributed by atoms with van der Waals surface area (Å²) in [6, 6.07) is 6.53. The van der Waals surface area contributed by atoms with Crippen molar-refractivity contribution >= 4 is 23.2 Å². The third-order valence-electron chi connectivity index (χ3n) is 1.65. The van der Waals surface area contributed by atoms with Gasteiger partial charge in [0.2, 0.25) is 0 Å². The quantitative estimate of drug-likeness (QED) is 0.776. The number of carboxylic acid groups (broad SMARTS) is 1. The summed E-state index contributed by atoms with van der Waals surface area (Å²) in [5, 5.41) is 9.09. The Bertz CT molecular complexity index is 360. The highest BCUT2D eigenvalue weighted by molar-refractivity contribution is 7.80. The molecule has 0 radical (unpaired) electrons. The molecule has 0 fully saturated rings. The molecule has 0 aromatic heterocycles.